The topological polar surface area (TPSA) is 113 Å². The molecule has 8 heteroatoms. The monoisotopic (exact) mass is 261 g/mol. The highest BCUT2D eigenvalue weighted by Crippen LogP contribution is 2.34. The third-order valence-corrected chi connectivity index (χ3v) is 4.56. The van der Waals surface area contributed by atoms with E-state index < -0.39 is 26.4 Å². The van der Waals surface area contributed by atoms with Crippen LogP contribution in [0.4, 0.5) is 5.69 Å². The molecule has 1 atom stereocenters. The Hall–Kier alpha value is -1.35. The molecule has 0 radical (unpaired) electrons. The highest BCUT2D eigenvalue weighted by atomic mass is 32.3. The maximum atomic E-state index is 12.0. The number of epoxide rings is 1. The number of ether oxygens (including phenoxy) is 1. The van der Waals surface area contributed by atoms with Crippen molar-refractivity contribution >= 4 is 15.3 Å². The van der Waals surface area contributed by atoms with Crippen molar-refractivity contribution in [3.05, 3.63) is 34.4 Å². The number of benzene rings is 1. The van der Waals surface area contributed by atoms with Crippen LogP contribution in [-0.4, -0.2) is 36.7 Å². The van der Waals surface area contributed by atoms with Gasteiger partial charge in [-0.3, -0.25) is 10.1 Å². The lowest BCUT2D eigenvalue weighted by Gasteiger charge is -2.29. The second-order valence-corrected chi connectivity index (χ2v) is 6.73. The highest BCUT2D eigenvalue weighted by molar-refractivity contribution is 8.10. The quantitative estimate of drug-likeness (QED) is 0.477. The first-order valence-electron chi connectivity index (χ1n) is 4.78. The number of nitro benzene ring substituents is 1. The van der Waals surface area contributed by atoms with Crippen molar-refractivity contribution in [2.45, 2.75) is 11.0 Å². The lowest BCUT2D eigenvalue weighted by atomic mass is 10.3. The van der Waals surface area contributed by atoms with Gasteiger partial charge in [0.1, 0.15) is 9.63 Å². The third kappa shape index (κ3) is 2.67. The summed E-state index contributed by atoms with van der Waals surface area (Å²) in [6.45, 7) is 0.310. The molecule has 17 heavy (non-hydrogen) atoms. The lowest BCUT2D eigenvalue weighted by molar-refractivity contribution is -0.385. The Morgan fingerprint density at radius 3 is 2.71 bits per heavy atom. The predicted octanol–water partition coefficient (Wildman–Crippen LogP) is 1.12. The fourth-order valence-electron chi connectivity index (χ4n) is 1.45. The number of non-ortho nitro benzene ring substituents is 1. The van der Waals surface area contributed by atoms with E-state index in [9.17, 15) is 23.4 Å². The van der Waals surface area contributed by atoms with E-state index in [1.807, 2.05) is 0 Å². The first kappa shape index (κ1) is 12.1. The van der Waals surface area contributed by atoms with Crippen LogP contribution < -0.4 is 0 Å². The minimum atomic E-state index is -5.05. The van der Waals surface area contributed by atoms with Gasteiger partial charge in [-0.1, -0.05) is 6.07 Å². The molecule has 0 aliphatic carbocycles. The van der Waals surface area contributed by atoms with Gasteiger partial charge in [-0.25, -0.2) is 4.21 Å². The minimum absolute atomic E-state index is 0.310. The molecule has 0 amide bonds. The van der Waals surface area contributed by atoms with Crippen LogP contribution in [0.25, 0.3) is 0 Å². The molecule has 94 valence electrons. The zero-order valence-electron chi connectivity index (χ0n) is 8.68. The fraction of sp³-hybridized carbons (Fsp3) is 0.333. The minimum Gasteiger partial charge on any atom is -0.372 e. The normalized spacial score (nSPS) is 21.5. The van der Waals surface area contributed by atoms with E-state index in [2.05, 4.69) is 0 Å². The van der Waals surface area contributed by atoms with Crippen LogP contribution in [-0.2, 0) is 14.4 Å². The molecule has 1 aromatic rings. The molecule has 1 heterocycles. The van der Waals surface area contributed by atoms with Crippen LogP contribution >= 0.6 is 0 Å². The number of rotatable bonds is 4. The molecular formula is C9H11NO6S. The summed E-state index contributed by atoms with van der Waals surface area (Å²) in [5, 5.41) is 10.5. The maximum Gasteiger partial charge on any atom is 0.270 e. The first-order valence-corrected chi connectivity index (χ1v) is 6.82. The van der Waals surface area contributed by atoms with Crippen molar-refractivity contribution in [1.29, 1.82) is 0 Å². The van der Waals surface area contributed by atoms with Crippen LogP contribution in [0.3, 0.4) is 0 Å². The van der Waals surface area contributed by atoms with Gasteiger partial charge in [0.15, 0.2) is 0 Å². The van der Waals surface area contributed by atoms with Gasteiger partial charge >= 0.3 is 0 Å². The molecule has 1 aliphatic rings. The largest absolute Gasteiger partial charge is 0.372 e. The second kappa shape index (κ2) is 3.57. The summed E-state index contributed by atoms with van der Waals surface area (Å²) in [6.07, 6.45) is -0.469. The Bertz CT molecular complexity index is 532. The van der Waals surface area contributed by atoms with Gasteiger partial charge in [0, 0.05) is 12.1 Å². The van der Waals surface area contributed by atoms with E-state index in [4.69, 9.17) is 4.74 Å². The molecule has 7 nitrogen and oxygen atoms in total. The molecule has 1 saturated heterocycles. The molecule has 0 bridgehead atoms. The van der Waals surface area contributed by atoms with Crippen LogP contribution in [0.15, 0.2) is 29.2 Å². The summed E-state index contributed by atoms with van der Waals surface area (Å²) in [6, 6.07) is 4.52. The predicted molar refractivity (Wildman–Crippen MR) is 59.4 cm³/mol. The zero-order valence-corrected chi connectivity index (χ0v) is 9.50. The van der Waals surface area contributed by atoms with E-state index >= 15 is 0 Å². The number of hydrogen-bond acceptors (Lipinski definition) is 4. The van der Waals surface area contributed by atoms with Crippen LogP contribution in [0, 0.1) is 10.1 Å². The number of nitro groups is 1. The van der Waals surface area contributed by atoms with Gasteiger partial charge < -0.3 is 13.8 Å². The smallest absolute Gasteiger partial charge is 0.270 e. The van der Waals surface area contributed by atoms with Crippen LogP contribution in [0.5, 0.6) is 0 Å². The average molecular weight is 261 g/mol. The Labute approximate surface area is 96.6 Å². The molecule has 1 fully saturated rings. The summed E-state index contributed by atoms with van der Waals surface area (Å²) in [5.74, 6) is -0.460. The van der Waals surface area contributed by atoms with Gasteiger partial charge in [0.2, 0.25) is 0 Å². The zero-order chi connectivity index (χ0) is 12.7. The average Bonchev–Trinajstić information content (AvgIpc) is 3.00. The Morgan fingerprint density at radius 1 is 1.53 bits per heavy atom. The fourth-order valence-corrected chi connectivity index (χ4v) is 3.21. The van der Waals surface area contributed by atoms with Crippen molar-refractivity contribution < 1.29 is 23.0 Å². The van der Waals surface area contributed by atoms with Crippen LogP contribution in [0.2, 0.25) is 0 Å². The van der Waals surface area contributed by atoms with E-state index in [1.165, 1.54) is 18.2 Å². The van der Waals surface area contributed by atoms with Gasteiger partial charge in [-0.15, -0.1) is 0 Å². The van der Waals surface area contributed by atoms with Gasteiger partial charge in [-0.05, 0) is 6.07 Å². The van der Waals surface area contributed by atoms with Crippen molar-refractivity contribution in [3.63, 3.8) is 0 Å². The summed E-state index contributed by atoms with van der Waals surface area (Å²) >= 11 is 0. The van der Waals surface area contributed by atoms with Gasteiger partial charge in [0.25, 0.3) is 5.69 Å². The molecule has 1 unspecified atom stereocenters. The first-order chi connectivity index (χ1) is 7.76. The SMILES string of the molecule is O=[N+]([O-])c1cccc(S(=O)(O)(O)CC2CO2)c1. The standard InChI is InChI=1S/C9H11NO6S/c11-10(12)7-2-1-3-9(4-7)17(13,14,15)6-8-5-16-8/h1-4,8H,5-6H2,(H2,13,14,15). The Morgan fingerprint density at radius 2 is 2.18 bits per heavy atom. The molecule has 2 rings (SSSR count). The second-order valence-electron chi connectivity index (χ2n) is 3.89. The Balaban J connectivity index is 2.40. The van der Waals surface area contributed by atoms with Crippen molar-refractivity contribution in [1.82, 2.24) is 0 Å². The van der Waals surface area contributed by atoms with Crippen LogP contribution in [0.1, 0.15) is 0 Å². The Kier molecular flexibility index (Phi) is 2.54. The van der Waals surface area contributed by atoms with E-state index in [-0.39, 0.29) is 10.6 Å². The van der Waals surface area contributed by atoms with E-state index in [0.29, 0.717) is 6.61 Å². The van der Waals surface area contributed by atoms with Crippen molar-refractivity contribution in [2.24, 2.45) is 0 Å². The maximum absolute atomic E-state index is 12.0. The summed E-state index contributed by atoms with van der Waals surface area (Å²) in [5.41, 5.74) is -0.346. The van der Waals surface area contributed by atoms with Crippen molar-refractivity contribution in [2.75, 3.05) is 12.4 Å². The van der Waals surface area contributed by atoms with Gasteiger partial charge in [-0.2, -0.15) is 0 Å². The molecule has 1 aliphatic heterocycles. The van der Waals surface area contributed by atoms with E-state index in [0.717, 1.165) is 6.07 Å². The highest BCUT2D eigenvalue weighted by Gasteiger charge is 2.41. The molecule has 1 aromatic carbocycles. The number of nitrogens with zero attached hydrogens (tertiary/aromatic N) is 1. The molecule has 0 spiro atoms. The number of hydrogen-bond donors (Lipinski definition) is 2. The third-order valence-electron chi connectivity index (χ3n) is 2.39. The van der Waals surface area contributed by atoms with Crippen molar-refractivity contribution in [3.8, 4) is 0 Å². The summed E-state index contributed by atoms with van der Waals surface area (Å²) in [7, 11) is -5.05. The van der Waals surface area contributed by atoms with E-state index in [1.54, 1.807) is 0 Å². The molecule has 2 N–H and O–H groups in total. The van der Waals surface area contributed by atoms with Gasteiger partial charge in [0.05, 0.1) is 28.3 Å². The molecular weight excluding hydrogens is 250 g/mol. The molecule has 0 aromatic heterocycles. The molecule has 0 saturated carbocycles. The summed E-state index contributed by atoms with van der Waals surface area (Å²) in [4.78, 5) is 9.50. The summed E-state index contributed by atoms with van der Waals surface area (Å²) < 4.78 is 36.4. The lowest BCUT2D eigenvalue weighted by Crippen LogP contribution is -2.37.